The van der Waals surface area contributed by atoms with Crippen LogP contribution in [0.25, 0.3) is 11.4 Å². The fourth-order valence-electron chi connectivity index (χ4n) is 1.85. The Hall–Kier alpha value is -2.76. The fraction of sp³-hybridized carbons (Fsp3) is 0. The van der Waals surface area contributed by atoms with Crippen LogP contribution in [0.2, 0.25) is 0 Å². The average Bonchev–Trinajstić information content (AvgIpc) is 3.02. The highest BCUT2D eigenvalue weighted by Crippen LogP contribution is 2.35. The van der Waals surface area contributed by atoms with Crippen LogP contribution in [0.3, 0.4) is 0 Å². The zero-order chi connectivity index (χ0) is 12.5. The monoisotopic (exact) mass is 242 g/mol. The Balaban J connectivity index is 2.33. The molecule has 0 amide bonds. The standard InChI is InChI=1S/C12H10N4O2/c17-9-1-2-10(18)12(16-6-4-14-8-16)11(9)15-5-3-13-7-15/h1-8,17-18H. The summed E-state index contributed by atoms with van der Waals surface area (Å²) in [4.78, 5) is 7.87. The van der Waals surface area contributed by atoms with Crippen molar-refractivity contribution in [2.24, 2.45) is 0 Å². The predicted octanol–water partition coefficient (Wildman–Crippen LogP) is 1.47. The fourth-order valence-corrected chi connectivity index (χ4v) is 1.85. The lowest BCUT2D eigenvalue weighted by Crippen LogP contribution is -2.01. The second-order valence-electron chi connectivity index (χ2n) is 3.74. The van der Waals surface area contributed by atoms with Crippen molar-refractivity contribution < 1.29 is 10.2 Å². The average molecular weight is 242 g/mol. The Morgan fingerprint density at radius 2 is 1.22 bits per heavy atom. The SMILES string of the molecule is Oc1ccc(O)c(-n2ccnc2)c1-n1ccnc1. The van der Waals surface area contributed by atoms with Gasteiger partial charge in [-0.25, -0.2) is 9.97 Å². The number of aromatic hydroxyl groups is 2. The molecule has 1 aromatic carbocycles. The summed E-state index contributed by atoms with van der Waals surface area (Å²) in [5.41, 5.74) is 0.899. The van der Waals surface area contributed by atoms with Gasteiger partial charge < -0.3 is 19.3 Å². The summed E-state index contributed by atoms with van der Waals surface area (Å²) in [6, 6.07) is 2.87. The van der Waals surface area contributed by atoms with Crippen LogP contribution in [-0.4, -0.2) is 29.3 Å². The van der Waals surface area contributed by atoms with Gasteiger partial charge in [0, 0.05) is 24.8 Å². The molecule has 0 saturated carbocycles. The largest absolute Gasteiger partial charge is 0.506 e. The van der Waals surface area contributed by atoms with E-state index in [0.29, 0.717) is 11.4 Å². The molecule has 6 nitrogen and oxygen atoms in total. The molecule has 0 bridgehead atoms. The van der Waals surface area contributed by atoms with Gasteiger partial charge in [-0.15, -0.1) is 0 Å². The van der Waals surface area contributed by atoms with Crippen molar-refractivity contribution >= 4 is 0 Å². The van der Waals surface area contributed by atoms with E-state index in [0.717, 1.165) is 0 Å². The molecule has 2 aromatic heterocycles. The molecule has 0 spiro atoms. The second kappa shape index (κ2) is 3.92. The zero-order valence-corrected chi connectivity index (χ0v) is 9.30. The van der Waals surface area contributed by atoms with E-state index in [1.807, 2.05) is 0 Å². The lowest BCUT2D eigenvalue weighted by molar-refractivity contribution is 0.455. The molecule has 0 aliphatic rings. The number of hydrogen-bond acceptors (Lipinski definition) is 4. The zero-order valence-electron chi connectivity index (χ0n) is 9.30. The molecule has 18 heavy (non-hydrogen) atoms. The van der Waals surface area contributed by atoms with Gasteiger partial charge in [0.1, 0.15) is 22.9 Å². The molecule has 3 aromatic rings. The summed E-state index contributed by atoms with van der Waals surface area (Å²) in [6.45, 7) is 0. The maximum absolute atomic E-state index is 9.99. The Bertz CT molecular complexity index is 600. The number of rotatable bonds is 2. The third kappa shape index (κ3) is 1.51. The van der Waals surface area contributed by atoms with Gasteiger partial charge in [0.25, 0.3) is 0 Å². The quantitative estimate of drug-likeness (QED) is 0.667. The highest BCUT2D eigenvalue weighted by Gasteiger charge is 2.15. The van der Waals surface area contributed by atoms with Crippen LogP contribution in [0.15, 0.2) is 49.6 Å². The number of phenols is 2. The van der Waals surface area contributed by atoms with Crippen molar-refractivity contribution in [3.05, 3.63) is 49.6 Å². The third-order valence-corrected chi connectivity index (χ3v) is 2.63. The van der Waals surface area contributed by atoms with E-state index >= 15 is 0 Å². The van der Waals surface area contributed by atoms with Gasteiger partial charge in [0.15, 0.2) is 0 Å². The molecular weight excluding hydrogens is 232 g/mol. The topological polar surface area (TPSA) is 76.1 Å². The maximum atomic E-state index is 9.99. The highest BCUT2D eigenvalue weighted by molar-refractivity contribution is 5.67. The number of benzene rings is 1. The lowest BCUT2D eigenvalue weighted by atomic mass is 10.2. The Morgan fingerprint density at radius 1 is 0.778 bits per heavy atom. The van der Waals surface area contributed by atoms with Crippen LogP contribution in [0.1, 0.15) is 0 Å². The van der Waals surface area contributed by atoms with Crippen molar-refractivity contribution in [1.82, 2.24) is 19.1 Å². The molecule has 0 atom stereocenters. The molecule has 2 heterocycles. The van der Waals surface area contributed by atoms with Crippen molar-refractivity contribution in [2.45, 2.75) is 0 Å². The smallest absolute Gasteiger partial charge is 0.142 e. The van der Waals surface area contributed by atoms with E-state index in [1.165, 1.54) is 12.1 Å². The molecule has 0 radical (unpaired) electrons. The van der Waals surface area contributed by atoms with Crippen LogP contribution in [-0.2, 0) is 0 Å². The first kappa shape index (κ1) is 10.4. The van der Waals surface area contributed by atoms with Crippen molar-refractivity contribution in [3.8, 4) is 22.9 Å². The van der Waals surface area contributed by atoms with Gasteiger partial charge in [0.05, 0.1) is 12.7 Å². The van der Waals surface area contributed by atoms with Crippen LogP contribution < -0.4 is 0 Å². The summed E-state index contributed by atoms with van der Waals surface area (Å²) in [7, 11) is 0. The second-order valence-corrected chi connectivity index (χ2v) is 3.74. The van der Waals surface area contributed by atoms with Crippen LogP contribution in [0, 0.1) is 0 Å². The van der Waals surface area contributed by atoms with Gasteiger partial charge in [-0.3, -0.25) is 0 Å². The minimum absolute atomic E-state index is 0.0505. The molecule has 2 N–H and O–H groups in total. The van der Waals surface area contributed by atoms with Crippen LogP contribution in [0.4, 0.5) is 0 Å². The minimum atomic E-state index is 0.0505. The molecule has 0 aliphatic heterocycles. The van der Waals surface area contributed by atoms with E-state index in [2.05, 4.69) is 9.97 Å². The molecule has 0 saturated heterocycles. The first-order valence-electron chi connectivity index (χ1n) is 5.29. The highest BCUT2D eigenvalue weighted by atomic mass is 16.3. The molecule has 6 heteroatoms. The summed E-state index contributed by atoms with van der Waals surface area (Å²) < 4.78 is 3.26. The maximum Gasteiger partial charge on any atom is 0.142 e. The normalized spacial score (nSPS) is 10.7. The summed E-state index contributed by atoms with van der Waals surface area (Å²) >= 11 is 0. The van der Waals surface area contributed by atoms with E-state index in [-0.39, 0.29) is 11.5 Å². The van der Waals surface area contributed by atoms with Crippen molar-refractivity contribution in [2.75, 3.05) is 0 Å². The van der Waals surface area contributed by atoms with Gasteiger partial charge >= 0.3 is 0 Å². The van der Waals surface area contributed by atoms with Gasteiger partial charge in [0.2, 0.25) is 0 Å². The number of nitrogens with zero attached hydrogens (tertiary/aromatic N) is 4. The summed E-state index contributed by atoms with van der Waals surface area (Å²) in [5.74, 6) is 0.101. The number of phenolic OH excluding ortho intramolecular Hbond substituents is 2. The molecule has 0 aliphatic carbocycles. The molecular formula is C12H10N4O2. The number of imidazole rings is 2. The molecule has 90 valence electrons. The first-order valence-corrected chi connectivity index (χ1v) is 5.29. The van der Waals surface area contributed by atoms with Gasteiger partial charge in [-0.1, -0.05) is 0 Å². The Morgan fingerprint density at radius 3 is 1.56 bits per heavy atom. The minimum Gasteiger partial charge on any atom is -0.506 e. The van der Waals surface area contributed by atoms with E-state index in [9.17, 15) is 10.2 Å². The van der Waals surface area contributed by atoms with Crippen molar-refractivity contribution in [3.63, 3.8) is 0 Å². The van der Waals surface area contributed by atoms with Gasteiger partial charge in [-0.05, 0) is 12.1 Å². The van der Waals surface area contributed by atoms with E-state index in [4.69, 9.17) is 0 Å². The van der Waals surface area contributed by atoms with Crippen molar-refractivity contribution in [1.29, 1.82) is 0 Å². The first-order chi connectivity index (χ1) is 8.77. The summed E-state index contributed by atoms with van der Waals surface area (Å²) in [5, 5.41) is 20.0. The molecule has 0 fully saturated rings. The van der Waals surface area contributed by atoms with Gasteiger partial charge in [-0.2, -0.15) is 0 Å². The van der Waals surface area contributed by atoms with E-state index in [1.54, 1.807) is 46.6 Å². The molecule has 3 rings (SSSR count). The third-order valence-electron chi connectivity index (χ3n) is 2.63. The van der Waals surface area contributed by atoms with Crippen LogP contribution >= 0.6 is 0 Å². The van der Waals surface area contributed by atoms with Crippen LogP contribution in [0.5, 0.6) is 11.5 Å². The number of hydrogen-bond donors (Lipinski definition) is 2. The molecule has 0 unspecified atom stereocenters. The predicted molar refractivity (Wildman–Crippen MR) is 64.0 cm³/mol. The Labute approximate surface area is 102 Å². The summed E-state index contributed by atoms with van der Waals surface area (Å²) in [6.07, 6.45) is 9.68. The van der Waals surface area contributed by atoms with E-state index < -0.39 is 0 Å². The Kier molecular flexibility index (Phi) is 2.26. The number of aromatic nitrogens is 4. The lowest BCUT2D eigenvalue weighted by Gasteiger charge is -2.14.